The Bertz CT molecular complexity index is 1510. The quantitative estimate of drug-likeness (QED) is 0.0149. The van der Waals surface area contributed by atoms with Crippen LogP contribution in [-0.4, -0.2) is 99.6 Å². The average Bonchev–Trinajstić information content (AvgIpc) is 3.50. The second-order valence-corrected chi connectivity index (χ2v) is 22.9. The van der Waals surface area contributed by atoms with Crippen molar-refractivity contribution in [3.8, 4) is 0 Å². The van der Waals surface area contributed by atoms with Gasteiger partial charge in [0.05, 0.1) is 25.4 Å². The summed E-state index contributed by atoms with van der Waals surface area (Å²) >= 11 is 0. The van der Waals surface area contributed by atoms with Crippen LogP contribution in [0.4, 0.5) is 0 Å². The number of hydrogen-bond donors (Lipinski definition) is 6. The van der Waals surface area contributed by atoms with Crippen LogP contribution in [-0.2, 0) is 23.8 Å². The predicted molar refractivity (Wildman–Crippen MR) is 329 cm³/mol. The average molecular weight is 1110 g/mol. The van der Waals surface area contributed by atoms with Crippen molar-refractivity contribution in [1.29, 1.82) is 0 Å². The minimum Gasteiger partial charge on any atom is -0.454 e. The zero-order valence-corrected chi connectivity index (χ0v) is 51.0. The molecule has 0 aromatic carbocycles. The molecule has 79 heavy (non-hydrogen) atoms. The monoisotopic (exact) mass is 1110 g/mol. The number of rotatable bonds is 56. The molecule has 11 heteroatoms. The zero-order valence-electron chi connectivity index (χ0n) is 51.0. The van der Waals surface area contributed by atoms with Gasteiger partial charge in [-0.3, -0.25) is 9.59 Å². The molecule has 1 fully saturated rings. The first-order chi connectivity index (χ1) is 38.7. The molecule has 0 spiro atoms. The summed E-state index contributed by atoms with van der Waals surface area (Å²) in [7, 11) is 0. The Labute approximate surface area is 484 Å². The number of unbranched alkanes of at least 4 members (excludes halogenated alkanes) is 35. The number of carbonyl (C=O) groups is 2. The van der Waals surface area contributed by atoms with Gasteiger partial charge in [0, 0.05) is 6.42 Å². The van der Waals surface area contributed by atoms with Crippen molar-refractivity contribution in [2.75, 3.05) is 13.2 Å². The van der Waals surface area contributed by atoms with Crippen molar-refractivity contribution < 1.29 is 49.3 Å². The maximum atomic E-state index is 13.4. The Morgan fingerprint density at radius 2 is 0.911 bits per heavy atom. The number of carbonyl (C=O) groups excluding carboxylic acids is 2. The molecule has 1 rings (SSSR count). The molecular formula is C68H123NO10. The molecule has 0 saturated carbocycles. The minimum absolute atomic E-state index is 0.121. The molecule has 6 N–H and O–H groups in total. The van der Waals surface area contributed by atoms with Gasteiger partial charge in [-0.1, -0.05) is 268 Å². The molecule has 0 aromatic rings. The molecule has 1 aliphatic heterocycles. The third-order valence-corrected chi connectivity index (χ3v) is 15.4. The molecule has 11 nitrogen and oxygen atoms in total. The first-order valence-electron chi connectivity index (χ1n) is 33.1. The molecule has 1 amide bonds. The number of nitrogens with one attached hydrogen (secondary N) is 1. The van der Waals surface area contributed by atoms with Crippen molar-refractivity contribution in [1.82, 2.24) is 5.32 Å². The van der Waals surface area contributed by atoms with E-state index in [-0.39, 0.29) is 19.4 Å². The fraction of sp³-hybridized carbons (Fsp3) is 0.824. The first kappa shape index (κ1) is 74.4. The zero-order chi connectivity index (χ0) is 57.5. The van der Waals surface area contributed by atoms with Crippen molar-refractivity contribution in [3.05, 3.63) is 60.8 Å². The highest BCUT2D eigenvalue weighted by Crippen LogP contribution is 2.26. The molecule has 1 saturated heterocycles. The first-order valence-corrected chi connectivity index (χ1v) is 33.1. The lowest BCUT2D eigenvalue weighted by molar-refractivity contribution is -0.305. The highest BCUT2D eigenvalue weighted by molar-refractivity contribution is 5.80. The highest BCUT2D eigenvalue weighted by Gasteiger charge is 2.47. The van der Waals surface area contributed by atoms with Gasteiger partial charge in [0.2, 0.25) is 5.91 Å². The molecule has 8 unspecified atom stereocenters. The molecule has 8 atom stereocenters. The molecule has 0 radical (unpaired) electrons. The normalized spacial score (nSPS) is 19.2. The van der Waals surface area contributed by atoms with Gasteiger partial charge in [-0.2, -0.15) is 0 Å². The van der Waals surface area contributed by atoms with E-state index >= 15 is 0 Å². The number of aliphatic hydroxyl groups excluding tert-OH is 5. The summed E-state index contributed by atoms with van der Waals surface area (Å²) in [6, 6.07) is -1.03. The molecule has 0 aromatic heterocycles. The van der Waals surface area contributed by atoms with Crippen LogP contribution in [0.2, 0.25) is 0 Å². The van der Waals surface area contributed by atoms with Gasteiger partial charge in [0.1, 0.15) is 24.4 Å². The Morgan fingerprint density at radius 3 is 1.39 bits per heavy atom. The Morgan fingerprint density at radius 1 is 0.506 bits per heavy atom. The highest BCUT2D eigenvalue weighted by atomic mass is 16.7. The smallest absolute Gasteiger partial charge is 0.306 e. The predicted octanol–water partition coefficient (Wildman–Crippen LogP) is 16.2. The second kappa shape index (κ2) is 55.9. The molecule has 460 valence electrons. The van der Waals surface area contributed by atoms with Crippen LogP contribution in [0.15, 0.2) is 60.8 Å². The SMILES string of the molecule is CCCCC/C=C\C/C=C\CCCCCCCCCCCCCCCC(=O)OC1C(OCC(NC(=O)C(O)CCCCCCC/C=C/C=C/CCCCC)C(O)/C=C/CCCCCCCCCCCCC)OC(CO)C(O)C1O. The number of esters is 1. The molecule has 0 bridgehead atoms. The number of ether oxygens (including phenoxy) is 3. The summed E-state index contributed by atoms with van der Waals surface area (Å²) in [5.74, 6) is -1.20. The van der Waals surface area contributed by atoms with E-state index in [1.54, 1.807) is 6.08 Å². The van der Waals surface area contributed by atoms with E-state index in [0.29, 0.717) is 12.8 Å². The van der Waals surface area contributed by atoms with Crippen molar-refractivity contribution in [3.63, 3.8) is 0 Å². The minimum atomic E-state index is -1.62. The van der Waals surface area contributed by atoms with Crippen LogP contribution in [0.25, 0.3) is 0 Å². The van der Waals surface area contributed by atoms with Gasteiger partial charge in [-0.05, 0) is 83.5 Å². The summed E-state index contributed by atoms with van der Waals surface area (Å²) in [5, 5.41) is 57.1. The number of amides is 1. The van der Waals surface area contributed by atoms with Crippen LogP contribution in [0.3, 0.4) is 0 Å². The van der Waals surface area contributed by atoms with Crippen LogP contribution in [0, 0.1) is 0 Å². The van der Waals surface area contributed by atoms with E-state index in [4.69, 9.17) is 14.2 Å². The van der Waals surface area contributed by atoms with Crippen molar-refractivity contribution in [2.24, 2.45) is 0 Å². The Hall–Kier alpha value is -2.64. The maximum absolute atomic E-state index is 13.4. The lowest BCUT2D eigenvalue weighted by atomic mass is 9.99. The summed E-state index contributed by atoms with van der Waals surface area (Å²) in [4.78, 5) is 26.6. The van der Waals surface area contributed by atoms with E-state index in [9.17, 15) is 35.1 Å². The summed E-state index contributed by atoms with van der Waals surface area (Å²) < 4.78 is 17.7. The number of hydrogen-bond acceptors (Lipinski definition) is 10. The number of allylic oxidation sites excluding steroid dienone is 9. The summed E-state index contributed by atoms with van der Waals surface area (Å²) in [6.45, 7) is 5.75. The van der Waals surface area contributed by atoms with Crippen molar-refractivity contribution >= 4 is 11.9 Å². The van der Waals surface area contributed by atoms with Gasteiger partial charge in [0.25, 0.3) is 0 Å². The van der Waals surface area contributed by atoms with E-state index < -0.39 is 67.4 Å². The van der Waals surface area contributed by atoms with E-state index in [2.05, 4.69) is 74.7 Å². The van der Waals surface area contributed by atoms with Crippen LogP contribution < -0.4 is 5.32 Å². The lowest BCUT2D eigenvalue weighted by Crippen LogP contribution is -2.61. The molecule has 0 aliphatic carbocycles. The van der Waals surface area contributed by atoms with Gasteiger partial charge in [-0.15, -0.1) is 0 Å². The van der Waals surface area contributed by atoms with Crippen molar-refractivity contribution in [2.45, 2.75) is 346 Å². The second-order valence-electron chi connectivity index (χ2n) is 22.9. The van der Waals surface area contributed by atoms with Crippen LogP contribution in [0.1, 0.15) is 297 Å². The topological polar surface area (TPSA) is 175 Å². The fourth-order valence-corrected chi connectivity index (χ4v) is 10.1. The van der Waals surface area contributed by atoms with Gasteiger partial charge in [0.15, 0.2) is 12.4 Å². The third kappa shape index (κ3) is 43.7. The fourth-order valence-electron chi connectivity index (χ4n) is 10.1. The Balaban J connectivity index is 2.62. The third-order valence-electron chi connectivity index (χ3n) is 15.4. The van der Waals surface area contributed by atoms with Crippen LogP contribution in [0.5, 0.6) is 0 Å². The largest absolute Gasteiger partial charge is 0.454 e. The summed E-state index contributed by atoms with van der Waals surface area (Å²) in [6.07, 6.45) is 59.7. The van der Waals surface area contributed by atoms with Gasteiger partial charge < -0.3 is 45.1 Å². The lowest BCUT2D eigenvalue weighted by Gasteiger charge is -2.41. The molecule has 1 aliphatic rings. The van der Waals surface area contributed by atoms with Crippen LogP contribution >= 0.6 is 0 Å². The molecule has 1 heterocycles. The van der Waals surface area contributed by atoms with E-state index in [0.717, 1.165) is 83.5 Å². The number of aliphatic hydroxyl groups is 5. The van der Waals surface area contributed by atoms with Gasteiger partial charge in [-0.25, -0.2) is 0 Å². The summed E-state index contributed by atoms with van der Waals surface area (Å²) in [5.41, 5.74) is 0. The standard InChI is InChI=1S/C68H123NO10/c1-4-7-10-13-16-19-22-25-27-28-29-30-31-32-33-34-35-38-41-44-47-50-53-56-63(73)79-66-65(75)64(74)62(57-70)78-68(66)77-58-59(60(71)54-51-48-45-42-39-36-24-21-18-15-12-9-6-3)69-67(76)61(72)55-52-49-46-43-40-37-26-23-20-17-14-11-8-5-2/h16-17,19-20,23,25-27,51,54,59-62,64-66,68,70-72,74-75H,4-15,18,21-22,24,28-50,52-53,55-58H2,1-3H3,(H,69,76)/b19-16-,20-17+,26-23+,27-25-,54-51+. The molecular weight excluding hydrogens is 991 g/mol. The van der Waals surface area contributed by atoms with E-state index in [1.807, 2.05) is 6.08 Å². The van der Waals surface area contributed by atoms with E-state index in [1.165, 1.54) is 167 Å². The maximum Gasteiger partial charge on any atom is 0.306 e. The Kier molecular flexibility index (Phi) is 52.6. The van der Waals surface area contributed by atoms with Gasteiger partial charge >= 0.3 is 5.97 Å².